The van der Waals surface area contributed by atoms with Crippen LogP contribution in [0.1, 0.15) is 22.0 Å². The lowest BCUT2D eigenvalue weighted by Crippen LogP contribution is -2.17. The van der Waals surface area contributed by atoms with E-state index >= 15 is 0 Å². The van der Waals surface area contributed by atoms with Gasteiger partial charge in [-0.1, -0.05) is 5.16 Å². The summed E-state index contributed by atoms with van der Waals surface area (Å²) < 4.78 is 9.67. The van der Waals surface area contributed by atoms with Gasteiger partial charge in [-0.3, -0.25) is 0 Å². The number of hydrogen-bond acceptors (Lipinski definition) is 6. The third-order valence-corrected chi connectivity index (χ3v) is 2.18. The molecule has 0 amide bonds. The van der Waals surface area contributed by atoms with Gasteiger partial charge in [0.05, 0.1) is 6.26 Å². The molecule has 2 aromatic rings. The van der Waals surface area contributed by atoms with Crippen molar-refractivity contribution in [2.24, 2.45) is 0 Å². The van der Waals surface area contributed by atoms with Gasteiger partial charge >= 0.3 is 5.97 Å². The second-order valence-electron chi connectivity index (χ2n) is 3.34. The Morgan fingerprint density at radius 2 is 2.41 bits per heavy atom. The molecular formula is C10H11N3O4. The Morgan fingerprint density at radius 1 is 1.53 bits per heavy atom. The van der Waals surface area contributed by atoms with Gasteiger partial charge < -0.3 is 19.4 Å². The number of nitrogens with one attached hydrogen (secondary N) is 1. The molecule has 0 unspecified atom stereocenters. The number of aromatic carboxylic acids is 1. The first-order chi connectivity index (χ1) is 8.27. The van der Waals surface area contributed by atoms with Crippen LogP contribution in [-0.4, -0.2) is 27.8 Å². The molecule has 0 bridgehead atoms. The number of nitrogens with zero attached hydrogens (tertiary/aromatic N) is 2. The van der Waals surface area contributed by atoms with Crippen molar-refractivity contribution in [3.8, 4) is 0 Å². The predicted molar refractivity (Wildman–Crippen MR) is 55.4 cm³/mol. The van der Waals surface area contributed by atoms with E-state index in [-0.39, 0.29) is 5.76 Å². The quantitative estimate of drug-likeness (QED) is 0.712. The molecule has 7 heteroatoms. The minimum Gasteiger partial charge on any atom is -0.475 e. The maximum Gasteiger partial charge on any atom is 0.372 e. The number of carbonyl (C=O) groups is 1. The van der Waals surface area contributed by atoms with E-state index in [1.807, 2.05) is 0 Å². The summed E-state index contributed by atoms with van der Waals surface area (Å²) in [7, 11) is 0. The second kappa shape index (κ2) is 5.26. The van der Waals surface area contributed by atoms with E-state index in [0.717, 1.165) is 0 Å². The Labute approximate surface area is 96.4 Å². The lowest BCUT2D eigenvalue weighted by Gasteiger charge is -2.01. The zero-order valence-corrected chi connectivity index (χ0v) is 8.92. The SMILES string of the molecule is O=C(O)c1occc1CNCCc1ncno1. The normalized spacial score (nSPS) is 10.6. The highest BCUT2D eigenvalue weighted by Gasteiger charge is 2.13. The van der Waals surface area contributed by atoms with Crippen molar-refractivity contribution in [3.05, 3.63) is 35.9 Å². The van der Waals surface area contributed by atoms with Crippen LogP contribution < -0.4 is 5.32 Å². The van der Waals surface area contributed by atoms with Gasteiger partial charge in [0, 0.05) is 25.1 Å². The van der Waals surface area contributed by atoms with Crippen LogP contribution in [0.25, 0.3) is 0 Å². The molecule has 2 rings (SSSR count). The first kappa shape index (κ1) is 11.3. The van der Waals surface area contributed by atoms with Crippen molar-refractivity contribution in [2.45, 2.75) is 13.0 Å². The second-order valence-corrected chi connectivity index (χ2v) is 3.34. The molecule has 0 atom stereocenters. The van der Waals surface area contributed by atoms with Gasteiger partial charge in [-0.05, 0) is 6.07 Å². The first-order valence-corrected chi connectivity index (χ1v) is 5.03. The summed E-state index contributed by atoms with van der Waals surface area (Å²) in [4.78, 5) is 14.6. The molecule has 0 saturated carbocycles. The van der Waals surface area contributed by atoms with Crippen LogP contribution in [0.2, 0.25) is 0 Å². The number of carboxylic acids is 1. The summed E-state index contributed by atoms with van der Waals surface area (Å²) in [6, 6.07) is 1.63. The van der Waals surface area contributed by atoms with Gasteiger partial charge in [0.1, 0.15) is 0 Å². The Morgan fingerprint density at radius 3 is 3.12 bits per heavy atom. The van der Waals surface area contributed by atoms with Gasteiger partial charge in [0.2, 0.25) is 11.7 Å². The molecule has 0 aliphatic heterocycles. The highest BCUT2D eigenvalue weighted by molar-refractivity contribution is 5.86. The van der Waals surface area contributed by atoms with Crippen LogP contribution in [-0.2, 0) is 13.0 Å². The zero-order valence-electron chi connectivity index (χ0n) is 8.92. The fraction of sp³-hybridized carbons (Fsp3) is 0.300. The first-order valence-electron chi connectivity index (χ1n) is 5.03. The van der Waals surface area contributed by atoms with E-state index in [2.05, 4.69) is 15.5 Å². The van der Waals surface area contributed by atoms with Crippen molar-refractivity contribution in [1.82, 2.24) is 15.5 Å². The summed E-state index contributed by atoms with van der Waals surface area (Å²) in [6.45, 7) is 1.04. The molecule has 0 saturated heterocycles. The molecule has 0 radical (unpaired) electrons. The molecule has 17 heavy (non-hydrogen) atoms. The topological polar surface area (TPSA) is 101 Å². The Bertz CT molecular complexity index is 477. The molecule has 0 fully saturated rings. The molecule has 90 valence electrons. The van der Waals surface area contributed by atoms with Crippen molar-refractivity contribution < 1.29 is 18.8 Å². The summed E-state index contributed by atoms with van der Waals surface area (Å²) in [5.74, 6) is -0.554. The highest BCUT2D eigenvalue weighted by Crippen LogP contribution is 2.09. The molecule has 7 nitrogen and oxygen atoms in total. The van der Waals surface area contributed by atoms with Crippen molar-refractivity contribution in [1.29, 1.82) is 0 Å². The lowest BCUT2D eigenvalue weighted by molar-refractivity contribution is 0.0660. The van der Waals surface area contributed by atoms with E-state index in [9.17, 15) is 4.79 Å². The van der Waals surface area contributed by atoms with Crippen LogP contribution in [0.4, 0.5) is 0 Å². The predicted octanol–water partition coefficient (Wildman–Crippen LogP) is 0.693. The Hall–Kier alpha value is -2.15. The maximum atomic E-state index is 10.7. The standard InChI is InChI=1S/C10H11N3O4/c14-10(15)9-7(2-4-16-9)5-11-3-1-8-12-6-13-17-8/h2,4,6,11H,1,3,5H2,(H,14,15). The molecular weight excluding hydrogens is 226 g/mol. The van der Waals surface area contributed by atoms with E-state index in [0.29, 0.717) is 31.0 Å². The molecule has 2 N–H and O–H groups in total. The number of hydrogen-bond donors (Lipinski definition) is 2. The van der Waals surface area contributed by atoms with Crippen LogP contribution >= 0.6 is 0 Å². The van der Waals surface area contributed by atoms with Gasteiger partial charge in [-0.15, -0.1) is 0 Å². The van der Waals surface area contributed by atoms with E-state index < -0.39 is 5.97 Å². The average Bonchev–Trinajstić information content (AvgIpc) is 2.95. The van der Waals surface area contributed by atoms with Crippen molar-refractivity contribution in [2.75, 3.05) is 6.54 Å². The minimum atomic E-state index is -1.07. The highest BCUT2D eigenvalue weighted by atomic mass is 16.5. The Balaban J connectivity index is 1.78. The Kier molecular flexibility index (Phi) is 3.51. The monoisotopic (exact) mass is 237 g/mol. The summed E-state index contributed by atoms with van der Waals surface area (Å²) in [5, 5.41) is 15.4. The molecule has 0 aliphatic rings. The van der Waals surface area contributed by atoms with Gasteiger partial charge in [0.15, 0.2) is 6.33 Å². The zero-order chi connectivity index (χ0) is 12.1. The average molecular weight is 237 g/mol. The van der Waals surface area contributed by atoms with E-state index in [1.54, 1.807) is 6.07 Å². The maximum absolute atomic E-state index is 10.7. The fourth-order valence-electron chi connectivity index (χ4n) is 1.39. The number of carboxylic acid groups (broad SMARTS) is 1. The van der Waals surface area contributed by atoms with E-state index in [1.165, 1.54) is 12.6 Å². The van der Waals surface area contributed by atoms with E-state index in [4.69, 9.17) is 14.0 Å². The molecule has 2 heterocycles. The van der Waals surface area contributed by atoms with Gasteiger partial charge in [-0.2, -0.15) is 4.98 Å². The number of furan rings is 1. The van der Waals surface area contributed by atoms with Crippen LogP contribution in [0, 0.1) is 0 Å². The third kappa shape index (κ3) is 2.91. The lowest BCUT2D eigenvalue weighted by atomic mass is 10.2. The molecule has 0 aliphatic carbocycles. The summed E-state index contributed by atoms with van der Waals surface area (Å²) in [5.41, 5.74) is 0.614. The van der Waals surface area contributed by atoms with Crippen LogP contribution in [0.5, 0.6) is 0 Å². The third-order valence-electron chi connectivity index (χ3n) is 2.18. The van der Waals surface area contributed by atoms with Crippen LogP contribution in [0.15, 0.2) is 27.6 Å². The number of aromatic nitrogens is 2. The van der Waals surface area contributed by atoms with Crippen molar-refractivity contribution >= 4 is 5.97 Å². The number of rotatable bonds is 6. The molecule has 0 aromatic carbocycles. The summed E-state index contributed by atoms with van der Waals surface area (Å²) >= 11 is 0. The van der Waals surface area contributed by atoms with Crippen LogP contribution in [0.3, 0.4) is 0 Å². The molecule has 2 aromatic heterocycles. The summed E-state index contributed by atoms with van der Waals surface area (Å²) in [6.07, 6.45) is 3.30. The minimum absolute atomic E-state index is 0.0321. The van der Waals surface area contributed by atoms with Crippen molar-refractivity contribution in [3.63, 3.8) is 0 Å². The molecule has 0 spiro atoms. The smallest absolute Gasteiger partial charge is 0.372 e. The van der Waals surface area contributed by atoms with Gasteiger partial charge in [0.25, 0.3) is 0 Å². The largest absolute Gasteiger partial charge is 0.475 e. The van der Waals surface area contributed by atoms with Gasteiger partial charge in [-0.25, -0.2) is 4.79 Å². The fourth-order valence-corrected chi connectivity index (χ4v) is 1.39.